The van der Waals surface area contributed by atoms with E-state index < -0.39 is 0 Å². The van der Waals surface area contributed by atoms with Crippen LogP contribution in [0.4, 0.5) is 5.95 Å². The fraction of sp³-hybridized carbons (Fsp3) is 0.296. The van der Waals surface area contributed by atoms with Crippen molar-refractivity contribution in [2.24, 2.45) is 5.73 Å². The monoisotopic (exact) mass is 480 g/mol. The van der Waals surface area contributed by atoms with Crippen molar-refractivity contribution < 1.29 is 0 Å². The molecule has 5 aromatic rings. The van der Waals surface area contributed by atoms with E-state index in [-0.39, 0.29) is 18.1 Å². The number of imidazole rings is 1. The summed E-state index contributed by atoms with van der Waals surface area (Å²) in [7, 11) is 0. The van der Waals surface area contributed by atoms with Gasteiger partial charge < -0.3 is 15.2 Å². The molecule has 2 aromatic carbocycles. The molecule has 36 heavy (non-hydrogen) atoms. The molecule has 0 amide bonds. The molecular formula is C27H28N8O. The molecule has 0 bridgehead atoms. The minimum absolute atomic E-state index is 0.113. The zero-order chi connectivity index (χ0) is 24.6. The summed E-state index contributed by atoms with van der Waals surface area (Å²) in [6.07, 6.45) is 3.68. The molecule has 1 aliphatic heterocycles. The molecule has 1 aliphatic rings. The molecule has 2 N–H and O–H groups in total. The van der Waals surface area contributed by atoms with Gasteiger partial charge in [0, 0.05) is 36.6 Å². The molecule has 1 fully saturated rings. The van der Waals surface area contributed by atoms with Crippen LogP contribution in [0.3, 0.4) is 0 Å². The number of para-hydroxylation sites is 1. The molecule has 0 spiro atoms. The first-order valence-corrected chi connectivity index (χ1v) is 12.4. The average molecular weight is 481 g/mol. The lowest BCUT2D eigenvalue weighted by Gasteiger charge is -2.31. The number of piperidine rings is 1. The lowest BCUT2D eigenvalue weighted by molar-refractivity contribution is 0.494. The van der Waals surface area contributed by atoms with E-state index in [0.717, 1.165) is 54.0 Å². The van der Waals surface area contributed by atoms with E-state index >= 15 is 0 Å². The number of nitrogens with two attached hydrogens (primary N) is 1. The second-order valence-corrected chi connectivity index (χ2v) is 9.22. The normalized spacial score (nSPS) is 16.2. The lowest BCUT2D eigenvalue weighted by atomic mass is 10.1. The van der Waals surface area contributed by atoms with Gasteiger partial charge in [0.05, 0.1) is 17.4 Å². The summed E-state index contributed by atoms with van der Waals surface area (Å²) in [5.41, 5.74) is 9.82. The minimum Gasteiger partial charge on any atom is -0.341 e. The number of rotatable bonds is 5. The summed E-state index contributed by atoms with van der Waals surface area (Å²) in [6.45, 7) is 4.43. The molecule has 9 nitrogen and oxygen atoms in total. The predicted molar refractivity (Wildman–Crippen MR) is 141 cm³/mol. The van der Waals surface area contributed by atoms with E-state index in [1.54, 1.807) is 6.20 Å². The SMILES string of the molecule is CCn1c(N2CCC[C@@H](N)C2)nc2cnn(Cc3nc(-c4ccccc4)c4ccccc4n3)c(=O)c21. The smallest absolute Gasteiger partial charge is 0.293 e. The van der Waals surface area contributed by atoms with Crippen LogP contribution in [-0.2, 0) is 13.1 Å². The van der Waals surface area contributed by atoms with E-state index in [1.165, 1.54) is 4.68 Å². The molecule has 9 heteroatoms. The van der Waals surface area contributed by atoms with Crippen LogP contribution in [0, 0.1) is 0 Å². The van der Waals surface area contributed by atoms with Gasteiger partial charge in [-0.25, -0.2) is 19.6 Å². The van der Waals surface area contributed by atoms with E-state index in [0.29, 0.717) is 23.4 Å². The van der Waals surface area contributed by atoms with Crippen LogP contribution >= 0.6 is 0 Å². The van der Waals surface area contributed by atoms with Crippen LogP contribution in [0.1, 0.15) is 25.6 Å². The molecular weight excluding hydrogens is 452 g/mol. The number of hydrogen-bond acceptors (Lipinski definition) is 7. The summed E-state index contributed by atoms with van der Waals surface area (Å²) >= 11 is 0. The van der Waals surface area contributed by atoms with Gasteiger partial charge in [-0.2, -0.15) is 5.10 Å². The van der Waals surface area contributed by atoms with Crippen molar-refractivity contribution in [3.8, 4) is 11.3 Å². The summed E-state index contributed by atoms with van der Waals surface area (Å²) in [5, 5.41) is 5.41. The fourth-order valence-corrected chi connectivity index (χ4v) is 5.06. The third-order valence-corrected chi connectivity index (χ3v) is 6.78. The van der Waals surface area contributed by atoms with Crippen LogP contribution in [0.15, 0.2) is 65.6 Å². The van der Waals surface area contributed by atoms with Gasteiger partial charge in [0.2, 0.25) is 5.95 Å². The van der Waals surface area contributed by atoms with E-state index in [1.807, 2.05) is 66.1 Å². The number of benzene rings is 2. The van der Waals surface area contributed by atoms with Gasteiger partial charge in [-0.05, 0) is 25.8 Å². The summed E-state index contributed by atoms with van der Waals surface area (Å²) in [4.78, 5) is 30.2. The van der Waals surface area contributed by atoms with E-state index in [9.17, 15) is 4.79 Å². The second kappa shape index (κ2) is 9.16. The van der Waals surface area contributed by atoms with Crippen LogP contribution < -0.4 is 16.2 Å². The number of aryl methyl sites for hydroxylation is 1. The second-order valence-electron chi connectivity index (χ2n) is 9.22. The Kier molecular flexibility index (Phi) is 5.69. The Morgan fingerprint density at radius 2 is 1.81 bits per heavy atom. The van der Waals surface area contributed by atoms with Crippen molar-refractivity contribution in [3.05, 3.63) is 77.0 Å². The average Bonchev–Trinajstić information content (AvgIpc) is 3.30. The largest absolute Gasteiger partial charge is 0.341 e. The van der Waals surface area contributed by atoms with Crippen molar-refractivity contribution in [1.82, 2.24) is 29.3 Å². The highest BCUT2D eigenvalue weighted by Gasteiger charge is 2.24. The van der Waals surface area contributed by atoms with Gasteiger partial charge in [0.25, 0.3) is 5.56 Å². The van der Waals surface area contributed by atoms with Crippen molar-refractivity contribution in [2.75, 3.05) is 18.0 Å². The standard InChI is InChI=1S/C27H28N8O/c1-2-34-25-22(31-27(34)33-14-8-11-19(28)16-33)15-29-35(26(25)36)17-23-30-21-13-7-6-12-20(21)24(32-23)18-9-4-3-5-10-18/h3-7,9-10,12-13,15,19H,2,8,11,14,16-17,28H2,1H3/t19-/m1/s1. The summed E-state index contributed by atoms with van der Waals surface area (Å²) in [6, 6.07) is 18.1. The van der Waals surface area contributed by atoms with Gasteiger partial charge in [-0.1, -0.05) is 48.5 Å². The van der Waals surface area contributed by atoms with Gasteiger partial charge in [0.1, 0.15) is 17.6 Å². The van der Waals surface area contributed by atoms with Crippen LogP contribution in [0.25, 0.3) is 33.2 Å². The molecule has 1 saturated heterocycles. The molecule has 0 saturated carbocycles. The molecule has 0 aliphatic carbocycles. The summed E-state index contributed by atoms with van der Waals surface area (Å²) in [5.74, 6) is 1.32. The maximum Gasteiger partial charge on any atom is 0.293 e. The first kappa shape index (κ1) is 22.4. The van der Waals surface area contributed by atoms with Gasteiger partial charge in [-0.15, -0.1) is 0 Å². The first-order valence-electron chi connectivity index (χ1n) is 12.4. The molecule has 6 rings (SSSR count). The van der Waals surface area contributed by atoms with Crippen molar-refractivity contribution in [2.45, 2.75) is 38.9 Å². The molecule has 1 atom stereocenters. The summed E-state index contributed by atoms with van der Waals surface area (Å²) < 4.78 is 3.41. The van der Waals surface area contributed by atoms with Crippen LogP contribution in [0.2, 0.25) is 0 Å². The van der Waals surface area contributed by atoms with Crippen molar-refractivity contribution >= 4 is 27.9 Å². The minimum atomic E-state index is -0.201. The van der Waals surface area contributed by atoms with Crippen molar-refractivity contribution in [3.63, 3.8) is 0 Å². The number of anilines is 1. The van der Waals surface area contributed by atoms with E-state index in [4.69, 9.17) is 20.7 Å². The quantitative estimate of drug-likeness (QED) is 0.412. The third-order valence-electron chi connectivity index (χ3n) is 6.78. The maximum absolute atomic E-state index is 13.6. The Bertz CT molecular complexity index is 1610. The van der Waals surface area contributed by atoms with Crippen molar-refractivity contribution in [1.29, 1.82) is 0 Å². The zero-order valence-corrected chi connectivity index (χ0v) is 20.2. The third kappa shape index (κ3) is 3.91. The highest BCUT2D eigenvalue weighted by Crippen LogP contribution is 2.26. The first-order chi connectivity index (χ1) is 17.6. The molecule has 0 radical (unpaired) electrons. The Hall–Kier alpha value is -4.11. The molecule has 4 heterocycles. The highest BCUT2D eigenvalue weighted by molar-refractivity contribution is 5.92. The van der Waals surface area contributed by atoms with Crippen LogP contribution in [-0.4, -0.2) is 48.4 Å². The Morgan fingerprint density at radius 3 is 2.61 bits per heavy atom. The fourth-order valence-electron chi connectivity index (χ4n) is 5.06. The predicted octanol–water partition coefficient (Wildman–Crippen LogP) is 3.20. The van der Waals surface area contributed by atoms with Crippen LogP contribution in [0.5, 0.6) is 0 Å². The number of hydrogen-bond donors (Lipinski definition) is 1. The Labute approximate surface area is 208 Å². The lowest BCUT2D eigenvalue weighted by Crippen LogP contribution is -2.44. The number of nitrogens with zero attached hydrogens (tertiary/aromatic N) is 7. The van der Waals surface area contributed by atoms with Gasteiger partial charge >= 0.3 is 0 Å². The van der Waals surface area contributed by atoms with Gasteiger partial charge in [-0.3, -0.25) is 4.79 Å². The van der Waals surface area contributed by atoms with E-state index in [2.05, 4.69) is 10.00 Å². The number of aromatic nitrogens is 6. The molecule has 182 valence electrons. The zero-order valence-electron chi connectivity index (χ0n) is 20.2. The Balaban J connectivity index is 1.43. The Morgan fingerprint density at radius 1 is 1.00 bits per heavy atom. The molecule has 0 unspecified atom stereocenters. The maximum atomic E-state index is 13.6. The van der Waals surface area contributed by atoms with Gasteiger partial charge in [0.15, 0.2) is 5.82 Å². The molecule has 3 aromatic heterocycles. The topological polar surface area (TPSA) is 108 Å². The number of fused-ring (bicyclic) bond motifs is 2. The highest BCUT2D eigenvalue weighted by atomic mass is 16.1.